The van der Waals surface area contributed by atoms with E-state index in [9.17, 15) is 24.3 Å². The number of carbonyl (C=O) groups is 4. The molecule has 4 aliphatic rings. The predicted octanol–water partition coefficient (Wildman–Crippen LogP) is 5.87. The molecule has 2 atom stereocenters. The summed E-state index contributed by atoms with van der Waals surface area (Å²) >= 11 is 0. The van der Waals surface area contributed by atoms with Gasteiger partial charge in [0.1, 0.15) is 35.2 Å². The molecule has 6 heterocycles. The van der Waals surface area contributed by atoms with Gasteiger partial charge in [0.15, 0.2) is 0 Å². The first-order valence-corrected chi connectivity index (χ1v) is 24.5. The Morgan fingerprint density at radius 3 is 1.84 bits per heavy atom. The number of para-hydroxylation sites is 1. The molecule has 2 fully saturated rings. The number of pyridine rings is 2. The number of anilines is 2. The highest BCUT2D eigenvalue weighted by Crippen LogP contribution is 2.34. The van der Waals surface area contributed by atoms with Gasteiger partial charge >= 0.3 is 11.9 Å². The number of benzene rings is 2. The number of hydrogen-bond donors (Lipinski definition) is 5. The van der Waals surface area contributed by atoms with Gasteiger partial charge in [-0.15, -0.1) is 0 Å². The van der Waals surface area contributed by atoms with Crippen molar-refractivity contribution in [2.75, 3.05) is 76.9 Å². The van der Waals surface area contributed by atoms with Crippen LogP contribution in [0.3, 0.4) is 0 Å². The number of ether oxygens (including phenoxy) is 3. The molecule has 68 heavy (non-hydrogen) atoms. The molecular weight excluding hydrogens is 865 g/mol. The van der Waals surface area contributed by atoms with E-state index in [1.54, 1.807) is 31.4 Å². The minimum atomic E-state index is -1.04. The number of aliphatic carboxylic acids is 1. The van der Waals surface area contributed by atoms with Crippen LogP contribution in [-0.2, 0) is 49.6 Å². The van der Waals surface area contributed by atoms with Crippen molar-refractivity contribution in [1.82, 2.24) is 30.4 Å². The standard InChI is InChI=1S/C52H66N8O8/c1-66-42-14-4-9-39(33-42)45(59-29-21-37(22-30-59)49(61)55-27-7-12-40-19-17-35-10-5-25-53-47(35)57-40)52(65)68-34-67-44-16-3-2-15-43(44)46(51(63)64)60-31-23-38(24-32-60)50(62)56-28-8-13-41-20-18-36-11-6-26-54-48(36)58-41/h2-4,9,14-20,33,37-38,45-46H,5-8,10-13,21-32,34H2,1H3,(H,53,57)(H,54,58)(H,55,61)(H,56,62)(H,63,64). The number of rotatable bonds is 20. The number of fused-ring (bicyclic) bond motifs is 2. The van der Waals surface area contributed by atoms with Gasteiger partial charge in [-0.1, -0.05) is 42.5 Å². The van der Waals surface area contributed by atoms with Crippen LogP contribution < -0.4 is 30.7 Å². The Bertz CT molecular complexity index is 2370. The molecule has 5 N–H and O–H groups in total. The van der Waals surface area contributed by atoms with Crippen molar-refractivity contribution in [3.05, 3.63) is 106 Å². The van der Waals surface area contributed by atoms with E-state index in [0.29, 0.717) is 81.8 Å². The molecule has 4 aliphatic heterocycles. The third-order valence-electron chi connectivity index (χ3n) is 13.7. The lowest BCUT2D eigenvalue weighted by Gasteiger charge is -2.36. The van der Waals surface area contributed by atoms with Gasteiger partial charge in [-0.2, -0.15) is 0 Å². The summed E-state index contributed by atoms with van der Waals surface area (Å²) in [5, 5.41) is 23.5. The zero-order valence-electron chi connectivity index (χ0n) is 39.2. The molecule has 362 valence electrons. The topological polar surface area (TPSA) is 197 Å². The lowest BCUT2D eigenvalue weighted by molar-refractivity contribution is -0.158. The Kier molecular flexibility index (Phi) is 16.8. The summed E-state index contributed by atoms with van der Waals surface area (Å²) < 4.78 is 17.4. The fraction of sp³-hybridized carbons (Fsp3) is 0.500. The Hall–Kier alpha value is -6.26. The Balaban J connectivity index is 0.808. The maximum absolute atomic E-state index is 14.1. The summed E-state index contributed by atoms with van der Waals surface area (Å²) in [4.78, 5) is 66.8. The van der Waals surface area contributed by atoms with E-state index in [0.717, 1.165) is 87.5 Å². The number of hydrogen-bond acceptors (Lipinski definition) is 13. The van der Waals surface area contributed by atoms with Gasteiger partial charge in [-0.05, 0) is 124 Å². The second-order valence-corrected chi connectivity index (χ2v) is 18.3. The third kappa shape index (κ3) is 12.4. The molecule has 0 spiro atoms. The second-order valence-electron chi connectivity index (χ2n) is 18.3. The lowest BCUT2D eigenvalue weighted by Crippen LogP contribution is -2.44. The zero-order chi connectivity index (χ0) is 47.2. The van der Waals surface area contributed by atoms with E-state index in [4.69, 9.17) is 24.2 Å². The maximum atomic E-state index is 14.1. The van der Waals surface area contributed by atoms with Crippen molar-refractivity contribution < 1.29 is 38.5 Å². The average Bonchev–Trinajstić information content (AvgIpc) is 3.37. The highest BCUT2D eigenvalue weighted by Gasteiger charge is 2.36. The van der Waals surface area contributed by atoms with E-state index < -0.39 is 30.8 Å². The van der Waals surface area contributed by atoms with Crippen molar-refractivity contribution in [2.24, 2.45) is 11.8 Å². The van der Waals surface area contributed by atoms with Crippen molar-refractivity contribution >= 4 is 35.4 Å². The van der Waals surface area contributed by atoms with Crippen molar-refractivity contribution in [2.45, 2.75) is 89.1 Å². The second kappa shape index (κ2) is 23.6. The molecule has 0 saturated carbocycles. The number of piperidine rings is 2. The first kappa shape index (κ1) is 48.2. The summed E-state index contributed by atoms with van der Waals surface area (Å²) in [6, 6.07) is 20.8. The van der Waals surface area contributed by atoms with Gasteiger partial charge in [0.05, 0.1) is 7.11 Å². The SMILES string of the molecule is COc1cccc(C(C(=O)OCOc2ccccc2C(C(=O)O)N2CCC(C(=O)NCCCc3ccc4c(n3)NCCC4)CC2)N2CCC(C(=O)NCCCc3ccc4c(n3)NCCC4)CC2)c1. The molecular formula is C52H66N8O8. The molecule has 2 unspecified atom stereocenters. The molecule has 8 rings (SSSR count). The zero-order valence-corrected chi connectivity index (χ0v) is 39.2. The number of carbonyl (C=O) groups excluding carboxylic acids is 3. The van der Waals surface area contributed by atoms with Gasteiger partial charge in [-0.25, -0.2) is 14.8 Å². The average molecular weight is 931 g/mol. The number of carboxylic acid groups (broad SMARTS) is 1. The fourth-order valence-corrected chi connectivity index (χ4v) is 9.97. The normalized spacial score (nSPS) is 17.5. The quantitative estimate of drug-likeness (QED) is 0.0401. The number of carboxylic acids is 1. The van der Waals surface area contributed by atoms with Crippen LogP contribution in [0.25, 0.3) is 0 Å². The summed E-state index contributed by atoms with van der Waals surface area (Å²) in [6.45, 7) is 4.37. The molecule has 2 aromatic heterocycles. The van der Waals surface area contributed by atoms with Crippen LogP contribution in [0.15, 0.2) is 72.8 Å². The number of esters is 1. The van der Waals surface area contributed by atoms with Crippen LogP contribution in [0.2, 0.25) is 0 Å². The number of methoxy groups -OCH3 is 1. The number of nitrogens with one attached hydrogen (secondary N) is 4. The van der Waals surface area contributed by atoms with Gasteiger partial charge in [0, 0.05) is 81.1 Å². The molecule has 16 nitrogen and oxygen atoms in total. The van der Waals surface area contributed by atoms with E-state index in [-0.39, 0.29) is 29.4 Å². The van der Waals surface area contributed by atoms with Crippen molar-refractivity contribution in [1.29, 1.82) is 0 Å². The lowest BCUT2D eigenvalue weighted by atomic mass is 9.93. The molecule has 2 aromatic carbocycles. The molecule has 16 heteroatoms. The number of aryl methyl sites for hydroxylation is 4. The van der Waals surface area contributed by atoms with E-state index in [2.05, 4.69) is 45.5 Å². The van der Waals surface area contributed by atoms with Gasteiger partial charge in [0.2, 0.25) is 18.6 Å². The largest absolute Gasteiger partial charge is 0.497 e. The van der Waals surface area contributed by atoms with Crippen LogP contribution in [-0.4, -0.2) is 115 Å². The Morgan fingerprint density at radius 2 is 1.28 bits per heavy atom. The van der Waals surface area contributed by atoms with Crippen LogP contribution >= 0.6 is 0 Å². The van der Waals surface area contributed by atoms with Gasteiger partial charge in [-0.3, -0.25) is 24.2 Å². The Labute approximate surface area is 398 Å². The maximum Gasteiger partial charge on any atom is 0.330 e. The molecule has 0 bridgehead atoms. The van der Waals surface area contributed by atoms with E-state index in [1.165, 1.54) is 11.1 Å². The van der Waals surface area contributed by atoms with E-state index in [1.807, 2.05) is 34.1 Å². The van der Waals surface area contributed by atoms with Gasteiger partial charge in [0.25, 0.3) is 0 Å². The summed E-state index contributed by atoms with van der Waals surface area (Å²) in [6.07, 6.45) is 9.64. The van der Waals surface area contributed by atoms with Crippen LogP contribution in [0.4, 0.5) is 11.6 Å². The van der Waals surface area contributed by atoms with Crippen LogP contribution in [0.1, 0.15) is 97.1 Å². The molecule has 0 radical (unpaired) electrons. The number of amides is 2. The smallest absolute Gasteiger partial charge is 0.330 e. The molecule has 4 aromatic rings. The summed E-state index contributed by atoms with van der Waals surface area (Å²) in [7, 11) is 1.57. The number of likely N-dealkylation sites (tertiary alicyclic amines) is 2. The monoisotopic (exact) mass is 931 g/mol. The minimum Gasteiger partial charge on any atom is -0.497 e. The molecule has 2 amide bonds. The number of aromatic nitrogens is 2. The molecule has 2 saturated heterocycles. The molecule has 0 aliphatic carbocycles. The van der Waals surface area contributed by atoms with Crippen LogP contribution in [0.5, 0.6) is 11.5 Å². The third-order valence-corrected chi connectivity index (χ3v) is 13.7. The first-order chi connectivity index (χ1) is 33.2. The number of nitrogens with zero attached hydrogens (tertiary/aromatic N) is 4. The minimum absolute atomic E-state index is 0.0111. The fourth-order valence-electron chi connectivity index (χ4n) is 9.97. The summed E-state index contributed by atoms with van der Waals surface area (Å²) in [5.74, 6) is 0.880. The predicted molar refractivity (Wildman–Crippen MR) is 257 cm³/mol. The highest BCUT2D eigenvalue weighted by atomic mass is 16.7. The first-order valence-electron chi connectivity index (χ1n) is 24.5. The highest BCUT2D eigenvalue weighted by molar-refractivity contribution is 5.80. The summed E-state index contributed by atoms with van der Waals surface area (Å²) in [5.41, 5.74) is 5.66. The van der Waals surface area contributed by atoms with Crippen molar-refractivity contribution in [3.8, 4) is 11.5 Å². The van der Waals surface area contributed by atoms with Crippen molar-refractivity contribution in [3.63, 3.8) is 0 Å². The van der Waals surface area contributed by atoms with Gasteiger partial charge < -0.3 is 40.6 Å². The Morgan fingerprint density at radius 1 is 0.721 bits per heavy atom. The van der Waals surface area contributed by atoms with Crippen LogP contribution in [0, 0.1) is 11.8 Å². The van der Waals surface area contributed by atoms with E-state index >= 15 is 0 Å².